The van der Waals surface area contributed by atoms with Crippen molar-refractivity contribution < 1.29 is 13.2 Å². The number of hydrogen-bond donors (Lipinski definition) is 2. The van der Waals surface area contributed by atoms with Crippen molar-refractivity contribution in [3.8, 4) is 11.4 Å². The molecule has 1 amide bonds. The molecule has 4 rings (SSSR count). The highest BCUT2D eigenvalue weighted by molar-refractivity contribution is 7.99. The van der Waals surface area contributed by atoms with Gasteiger partial charge in [-0.1, -0.05) is 92.0 Å². The number of aromatic nitrogens is 3. The lowest BCUT2D eigenvalue weighted by Gasteiger charge is -2.19. The van der Waals surface area contributed by atoms with Crippen LogP contribution in [0.5, 0.6) is 0 Å². The quantitative estimate of drug-likeness (QED) is 0.139. The zero-order valence-corrected chi connectivity index (χ0v) is 27.6. The first kappa shape index (κ1) is 32.9. The second kappa shape index (κ2) is 14.6. The lowest BCUT2D eigenvalue weighted by Crippen LogP contribution is -2.16. The molecule has 12 heteroatoms. The number of nitrogens with one attached hydrogen (secondary N) is 2. The van der Waals surface area contributed by atoms with E-state index in [1.807, 2.05) is 17.6 Å². The molecule has 3 aromatic carbocycles. The van der Waals surface area contributed by atoms with Crippen LogP contribution in [-0.2, 0) is 14.8 Å². The summed E-state index contributed by atoms with van der Waals surface area (Å²) in [5.41, 5.74) is 2.34. The summed E-state index contributed by atoms with van der Waals surface area (Å²) in [6.45, 7) is 8.33. The Balaban J connectivity index is 1.61. The van der Waals surface area contributed by atoms with Crippen LogP contribution < -0.4 is 10.0 Å². The van der Waals surface area contributed by atoms with Crippen molar-refractivity contribution in [2.24, 2.45) is 5.92 Å². The van der Waals surface area contributed by atoms with Gasteiger partial charge in [0.2, 0.25) is 5.91 Å². The number of sulfonamides is 1. The number of benzene rings is 3. The van der Waals surface area contributed by atoms with Crippen LogP contribution in [0, 0.1) is 12.8 Å². The molecule has 0 aliphatic carbocycles. The summed E-state index contributed by atoms with van der Waals surface area (Å²) in [7, 11) is -3.93. The third-order valence-corrected chi connectivity index (χ3v) is 9.95. The molecule has 228 valence electrons. The minimum Gasteiger partial charge on any atom is -0.325 e. The van der Waals surface area contributed by atoms with Crippen LogP contribution in [0.3, 0.4) is 0 Å². The summed E-state index contributed by atoms with van der Waals surface area (Å²) in [5, 5.41) is 13.3. The molecule has 8 nitrogen and oxygen atoms in total. The molecule has 0 radical (unpaired) electrons. The Kier molecular flexibility index (Phi) is 11.2. The Morgan fingerprint density at radius 3 is 2.37 bits per heavy atom. The average Bonchev–Trinajstić information content (AvgIpc) is 3.39. The average molecular weight is 661 g/mol. The first-order chi connectivity index (χ1) is 20.5. The Hall–Kier alpha value is -3.05. The third kappa shape index (κ3) is 8.53. The number of thioether (sulfide) groups is 1. The van der Waals surface area contributed by atoms with E-state index >= 15 is 0 Å². The third-order valence-electron chi connectivity index (χ3n) is 6.90. The molecule has 1 heterocycles. The molecule has 2 N–H and O–H groups in total. The largest absolute Gasteiger partial charge is 0.325 e. The molecule has 1 unspecified atom stereocenters. The highest BCUT2D eigenvalue weighted by Gasteiger charge is 2.23. The molecule has 0 aliphatic heterocycles. The number of amides is 1. The topological polar surface area (TPSA) is 106 Å². The van der Waals surface area contributed by atoms with Gasteiger partial charge in [0.25, 0.3) is 10.0 Å². The SMILES string of the molecule is Cc1c(Cl)cccc1NC(=O)CSc1nnc(-c2cccc(S(=O)(=O)Nc3ccccc3Cl)c2)n1C(C)CCCC(C)C. The van der Waals surface area contributed by atoms with Crippen LogP contribution >= 0.6 is 35.0 Å². The number of anilines is 2. The molecular formula is C31H35Cl2N5O3S2. The van der Waals surface area contributed by atoms with Crippen LogP contribution in [0.1, 0.15) is 51.6 Å². The van der Waals surface area contributed by atoms with E-state index in [9.17, 15) is 13.2 Å². The lowest BCUT2D eigenvalue weighted by atomic mass is 10.0. The van der Waals surface area contributed by atoms with Gasteiger partial charge in [-0.05, 0) is 68.1 Å². The fourth-order valence-corrected chi connectivity index (χ4v) is 6.90. The van der Waals surface area contributed by atoms with Gasteiger partial charge in [-0.3, -0.25) is 14.1 Å². The van der Waals surface area contributed by atoms with Crippen molar-refractivity contribution in [3.63, 3.8) is 0 Å². The fourth-order valence-electron chi connectivity index (χ4n) is 4.53. The van der Waals surface area contributed by atoms with Crippen molar-refractivity contribution in [1.29, 1.82) is 0 Å². The molecule has 0 spiro atoms. The van der Waals surface area contributed by atoms with Gasteiger partial charge in [0.05, 0.1) is 21.4 Å². The zero-order valence-electron chi connectivity index (χ0n) is 24.5. The molecule has 0 aliphatic rings. The Morgan fingerprint density at radius 2 is 1.63 bits per heavy atom. The van der Waals surface area contributed by atoms with E-state index in [-0.39, 0.29) is 22.6 Å². The summed E-state index contributed by atoms with van der Waals surface area (Å²) in [6.07, 6.45) is 2.95. The van der Waals surface area contributed by atoms with Crippen LogP contribution in [0.2, 0.25) is 10.0 Å². The number of para-hydroxylation sites is 1. The van der Waals surface area contributed by atoms with Crippen molar-refractivity contribution in [2.75, 3.05) is 15.8 Å². The van der Waals surface area contributed by atoms with Crippen LogP contribution in [0.4, 0.5) is 11.4 Å². The minimum absolute atomic E-state index is 0.00555. The first-order valence-corrected chi connectivity index (χ1v) is 17.2. The Labute approximate surface area is 267 Å². The summed E-state index contributed by atoms with van der Waals surface area (Å²) in [6, 6.07) is 18.6. The number of nitrogens with zero attached hydrogens (tertiary/aromatic N) is 3. The monoisotopic (exact) mass is 659 g/mol. The van der Waals surface area contributed by atoms with Gasteiger partial charge in [0, 0.05) is 22.3 Å². The molecule has 0 saturated carbocycles. The van der Waals surface area contributed by atoms with E-state index in [1.54, 1.807) is 54.6 Å². The maximum atomic E-state index is 13.3. The first-order valence-electron chi connectivity index (χ1n) is 14.0. The maximum Gasteiger partial charge on any atom is 0.261 e. The van der Waals surface area contributed by atoms with E-state index in [4.69, 9.17) is 23.2 Å². The second-order valence-electron chi connectivity index (χ2n) is 10.7. The Bertz CT molecular complexity index is 1690. The highest BCUT2D eigenvalue weighted by atomic mass is 35.5. The normalized spacial score (nSPS) is 12.3. The summed E-state index contributed by atoms with van der Waals surface area (Å²) in [4.78, 5) is 12.9. The van der Waals surface area contributed by atoms with Crippen molar-refractivity contribution in [1.82, 2.24) is 14.8 Å². The van der Waals surface area contributed by atoms with Crippen molar-refractivity contribution in [3.05, 3.63) is 82.3 Å². The molecule has 43 heavy (non-hydrogen) atoms. The second-order valence-corrected chi connectivity index (χ2v) is 14.2. The highest BCUT2D eigenvalue weighted by Crippen LogP contribution is 2.32. The van der Waals surface area contributed by atoms with Crippen LogP contribution in [-0.4, -0.2) is 34.8 Å². The molecule has 0 bridgehead atoms. The molecule has 1 aromatic heterocycles. The standard InChI is InChI=1S/C31H35Cl2N5O3S2/c1-20(2)10-7-11-21(3)38-30(35-36-31(38)42-19-29(39)34-27-17-9-15-25(32)22(27)4)23-12-8-13-24(18-23)43(40,41)37-28-16-6-5-14-26(28)33/h5-6,8-9,12-18,20-21,37H,7,10-11,19H2,1-4H3,(H,34,39). The van der Waals surface area contributed by atoms with Crippen LogP contribution in [0.15, 0.2) is 76.8 Å². The predicted octanol–water partition coefficient (Wildman–Crippen LogP) is 8.48. The summed E-state index contributed by atoms with van der Waals surface area (Å²) >= 11 is 13.7. The van der Waals surface area contributed by atoms with Gasteiger partial charge >= 0.3 is 0 Å². The molecule has 0 fully saturated rings. The smallest absolute Gasteiger partial charge is 0.261 e. The Morgan fingerprint density at radius 1 is 0.930 bits per heavy atom. The van der Waals surface area contributed by atoms with Gasteiger partial charge in [-0.2, -0.15) is 0 Å². The molecule has 1 atom stereocenters. The zero-order chi connectivity index (χ0) is 31.1. The van der Waals surface area contributed by atoms with Gasteiger partial charge in [0.15, 0.2) is 11.0 Å². The van der Waals surface area contributed by atoms with Gasteiger partial charge < -0.3 is 5.32 Å². The number of hydrogen-bond acceptors (Lipinski definition) is 6. The number of carbonyl (C=O) groups is 1. The predicted molar refractivity (Wildman–Crippen MR) is 177 cm³/mol. The fraction of sp³-hybridized carbons (Fsp3) is 0.323. The minimum atomic E-state index is -3.93. The van der Waals surface area contributed by atoms with Crippen LogP contribution in [0.25, 0.3) is 11.4 Å². The van der Waals surface area contributed by atoms with Gasteiger partial charge in [-0.15, -0.1) is 10.2 Å². The number of carbonyl (C=O) groups excluding carboxylic acids is 1. The van der Waals surface area contributed by atoms with Crippen molar-refractivity contribution >= 4 is 62.3 Å². The van der Waals surface area contributed by atoms with Gasteiger partial charge in [0.1, 0.15) is 0 Å². The van der Waals surface area contributed by atoms with E-state index in [2.05, 4.69) is 41.0 Å². The number of rotatable bonds is 13. The molecule has 0 saturated heterocycles. The maximum absolute atomic E-state index is 13.3. The molecule has 4 aromatic rings. The number of halogens is 2. The van der Waals surface area contributed by atoms with Gasteiger partial charge in [-0.25, -0.2) is 8.42 Å². The van der Waals surface area contributed by atoms with E-state index in [0.29, 0.717) is 43.9 Å². The van der Waals surface area contributed by atoms with E-state index in [0.717, 1.165) is 24.8 Å². The lowest BCUT2D eigenvalue weighted by molar-refractivity contribution is -0.113. The van der Waals surface area contributed by atoms with Crippen molar-refractivity contribution in [2.45, 2.75) is 63.1 Å². The summed E-state index contributed by atoms with van der Waals surface area (Å²) in [5.74, 6) is 1.02. The van der Waals surface area contributed by atoms with E-state index < -0.39 is 10.0 Å². The molecular weight excluding hydrogens is 625 g/mol. The van der Waals surface area contributed by atoms with E-state index in [1.165, 1.54) is 17.8 Å². The summed E-state index contributed by atoms with van der Waals surface area (Å²) < 4.78 is 31.1.